The zero-order valence-electron chi connectivity index (χ0n) is 21.8. The first-order chi connectivity index (χ1) is 17.2. The molecule has 196 valence electrons. The van der Waals surface area contributed by atoms with Crippen molar-refractivity contribution in [2.24, 2.45) is 0 Å². The molecular weight excluding hydrogens is 460 g/mol. The number of nitrogens with zero attached hydrogens (tertiary/aromatic N) is 2. The van der Waals surface area contributed by atoms with E-state index in [2.05, 4.69) is 12.1 Å². The van der Waals surface area contributed by atoms with Crippen LogP contribution in [0.15, 0.2) is 36.4 Å². The number of fused-ring (bicyclic) bond motifs is 1. The fraction of sp³-hybridized carbons (Fsp3) is 0.571. The van der Waals surface area contributed by atoms with Crippen LogP contribution < -0.4 is 4.74 Å². The predicted octanol–water partition coefficient (Wildman–Crippen LogP) is 4.38. The Labute approximate surface area is 213 Å². The SMILES string of the molecule is COCCCOc1cc(CN(C(=O)[C@H]2CN(C(=O)OC(C)(C)C)CCO2)C2CC2)c2ccccc2c1. The van der Waals surface area contributed by atoms with Crippen LogP contribution in [0.2, 0.25) is 0 Å². The fourth-order valence-corrected chi connectivity index (χ4v) is 4.40. The number of hydrogen-bond donors (Lipinski definition) is 0. The molecule has 1 atom stereocenters. The Balaban J connectivity index is 1.51. The molecule has 8 heteroatoms. The van der Waals surface area contributed by atoms with Crippen molar-refractivity contribution >= 4 is 22.8 Å². The van der Waals surface area contributed by atoms with E-state index in [1.165, 1.54) is 0 Å². The molecule has 0 aromatic heterocycles. The lowest BCUT2D eigenvalue weighted by molar-refractivity contribution is -0.150. The third-order valence-corrected chi connectivity index (χ3v) is 6.29. The molecule has 1 aliphatic carbocycles. The van der Waals surface area contributed by atoms with Crippen LogP contribution in [-0.2, 0) is 25.5 Å². The maximum atomic E-state index is 13.7. The molecule has 0 bridgehead atoms. The van der Waals surface area contributed by atoms with Gasteiger partial charge in [0.25, 0.3) is 5.91 Å². The summed E-state index contributed by atoms with van der Waals surface area (Å²) in [5, 5.41) is 2.17. The Morgan fingerprint density at radius 3 is 2.64 bits per heavy atom. The molecule has 4 rings (SSSR count). The number of morpholine rings is 1. The highest BCUT2D eigenvalue weighted by Gasteiger charge is 2.39. The van der Waals surface area contributed by atoms with Crippen molar-refractivity contribution in [1.29, 1.82) is 0 Å². The van der Waals surface area contributed by atoms with Gasteiger partial charge in [0.05, 0.1) is 19.8 Å². The van der Waals surface area contributed by atoms with Crippen molar-refractivity contribution in [2.75, 3.05) is 40.0 Å². The minimum Gasteiger partial charge on any atom is -0.493 e. The van der Waals surface area contributed by atoms with E-state index in [0.717, 1.165) is 41.3 Å². The summed E-state index contributed by atoms with van der Waals surface area (Å²) in [6.45, 7) is 8.09. The molecule has 8 nitrogen and oxygen atoms in total. The van der Waals surface area contributed by atoms with Crippen LogP contribution >= 0.6 is 0 Å². The number of benzene rings is 2. The van der Waals surface area contributed by atoms with Gasteiger partial charge in [-0.1, -0.05) is 24.3 Å². The molecule has 0 unspecified atom stereocenters. The van der Waals surface area contributed by atoms with Crippen molar-refractivity contribution in [3.05, 3.63) is 42.0 Å². The van der Waals surface area contributed by atoms with Crippen molar-refractivity contribution in [1.82, 2.24) is 9.80 Å². The molecule has 1 saturated carbocycles. The second-order valence-corrected chi connectivity index (χ2v) is 10.5. The molecule has 0 radical (unpaired) electrons. The number of carbonyl (C=O) groups is 2. The lowest BCUT2D eigenvalue weighted by Gasteiger charge is -2.36. The maximum absolute atomic E-state index is 13.7. The molecule has 0 spiro atoms. The van der Waals surface area contributed by atoms with Crippen molar-refractivity contribution in [2.45, 2.75) is 64.3 Å². The van der Waals surface area contributed by atoms with Crippen molar-refractivity contribution in [3.8, 4) is 5.75 Å². The molecule has 2 fully saturated rings. The summed E-state index contributed by atoms with van der Waals surface area (Å²) < 4.78 is 22.5. The molecule has 0 N–H and O–H groups in total. The van der Waals surface area contributed by atoms with E-state index in [1.807, 2.05) is 49.9 Å². The summed E-state index contributed by atoms with van der Waals surface area (Å²) in [7, 11) is 1.68. The van der Waals surface area contributed by atoms with E-state index in [9.17, 15) is 9.59 Å². The summed E-state index contributed by atoms with van der Waals surface area (Å²) >= 11 is 0. The Kier molecular flexibility index (Phi) is 8.36. The van der Waals surface area contributed by atoms with Gasteiger partial charge in [0.15, 0.2) is 6.10 Å². The Hall–Kier alpha value is -2.84. The largest absolute Gasteiger partial charge is 0.493 e. The Bertz CT molecular complexity index is 1060. The Morgan fingerprint density at radius 1 is 1.14 bits per heavy atom. The first kappa shape index (κ1) is 26.2. The van der Waals surface area contributed by atoms with Gasteiger partial charge in [0.1, 0.15) is 11.4 Å². The third kappa shape index (κ3) is 6.89. The van der Waals surface area contributed by atoms with Crippen LogP contribution in [0.4, 0.5) is 4.79 Å². The first-order valence-corrected chi connectivity index (χ1v) is 12.8. The second kappa shape index (κ2) is 11.5. The summed E-state index contributed by atoms with van der Waals surface area (Å²) in [5.41, 5.74) is 0.446. The normalized spacial score (nSPS) is 18.2. The number of carbonyl (C=O) groups excluding carboxylic acids is 2. The highest BCUT2D eigenvalue weighted by Crippen LogP contribution is 2.33. The van der Waals surface area contributed by atoms with Crippen LogP contribution in [0.5, 0.6) is 5.75 Å². The monoisotopic (exact) mass is 498 g/mol. The smallest absolute Gasteiger partial charge is 0.410 e. The van der Waals surface area contributed by atoms with Gasteiger partial charge in [-0.3, -0.25) is 4.79 Å². The number of ether oxygens (including phenoxy) is 4. The predicted molar refractivity (Wildman–Crippen MR) is 137 cm³/mol. The average Bonchev–Trinajstić information content (AvgIpc) is 3.69. The zero-order chi connectivity index (χ0) is 25.7. The molecule has 2 aliphatic rings. The van der Waals surface area contributed by atoms with Gasteiger partial charge >= 0.3 is 6.09 Å². The lowest BCUT2D eigenvalue weighted by atomic mass is 10.0. The average molecular weight is 499 g/mol. The van der Waals surface area contributed by atoms with E-state index in [0.29, 0.717) is 32.9 Å². The van der Waals surface area contributed by atoms with Crippen molar-refractivity contribution in [3.63, 3.8) is 0 Å². The van der Waals surface area contributed by atoms with Crippen LogP contribution in [-0.4, -0.2) is 79.6 Å². The van der Waals surface area contributed by atoms with Gasteiger partial charge in [0, 0.05) is 39.3 Å². The van der Waals surface area contributed by atoms with Crippen LogP contribution in [0.25, 0.3) is 10.8 Å². The van der Waals surface area contributed by atoms with Gasteiger partial charge in [0.2, 0.25) is 0 Å². The van der Waals surface area contributed by atoms with E-state index in [1.54, 1.807) is 12.0 Å². The number of methoxy groups -OCH3 is 1. The summed E-state index contributed by atoms with van der Waals surface area (Å²) in [6.07, 6.45) is 1.63. The second-order valence-electron chi connectivity index (χ2n) is 10.5. The molecule has 2 aromatic rings. The summed E-state index contributed by atoms with van der Waals surface area (Å²) in [4.78, 5) is 29.8. The molecular formula is C28H38N2O6. The highest BCUT2D eigenvalue weighted by molar-refractivity contribution is 5.88. The summed E-state index contributed by atoms with van der Waals surface area (Å²) in [6, 6.07) is 12.4. The van der Waals surface area contributed by atoms with E-state index < -0.39 is 17.8 Å². The van der Waals surface area contributed by atoms with Gasteiger partial charge in [-0.15, -0.1) is 0 Å². The third-order valence-electron chi connectivity index (χ3n) is 6.29. The first-order valence-electron chi connectivity index (χ1n) is 12.8. The molecule has 1 saturated heterocycles. The van der Waals surface area contributed by atoms with Gasteiger partial charge in [-0.2, -0.15) is 0 Å². The summed E-state index contributed by atoms with van der Waals surface area (Å²) in [5.74, 6) is 0.703. The number of amides is 2. The maximum Gasteiger partial charge on any atom is 0.410 e. The van der Waals surface area contributed by atoms with E-state index in [-0.39, 0.29) is 18.5 Å². The Morgan fingerprint density at radius 2 is 1.92 bits per heavy atom. The number of rotatable bonds is 9. The molecule has 1 heterocycles. The molecule has 2 amide bonds. The minimum atomic E-state index is -0.702. The molecule has 1 aliphatic heterocycles. The van der Waals surface area contributed by atoms with Crippen LogP contribution in [0, 0.1) is 0 Å². The zero-order valence-corrected chi connectivity index (χ0v) is 21.8. The number of hydrogen-bond acceptors (Lipinski definition) is 6. The fourth-order valence-electron chi connectivity index (χ4n) is 4.40. The van der Waals surface area contributed by atoms with E-state index in [4.69, 9.17) is 18.9 Å². The topological polar surface area (TPSA) is 77.5 Å². The molecule has 36 heavy (non-hydrogen) atoms. The minimum absolute atomic E-state index is 0.0822. The lowest BCUT2D eigenvalue weighted by Crippen LogP contribution is -2.53. The standard InChI is InChI=1S/C28H38N2O6/c1-28(2,3)36-27(32)29-12-15-35-25(19-29)26(31)30(22-10-11-22)18-21-17-23(34-14-7-13-33-4)16-20-8-5-6-9-24(20)21/h5-6,8-9,16-17,22,25H,7,10-15,18-19H2,1-4H3/t25-/m1/s1. The quantitative estimate of drug-likeness (QED) is 0.478. The van der Waals surface area contributed by atoms with E-state index >= 15 is 0 Å². The van der Waals surface area contributed by atoms with Gasteiger partial charge in [-0.25, -0.2) is 4.79 Å². The van der Waals surface area contributed by atoms with Crippen LogP contribution in [0.1, 0.15) is 45.6 Å². The highest BCUT2D eigenvalue weighted by atomic mass is 16.6. The van der Waals surface area contributed by atoms with Crippen LogP contribution in [0.3, 0.4) is 0 Å². The molecule has 2 aromatic carbocycles. The van der Waals surface area contributed by atoms with Gasteiger partial charge < -0.3 is 28.7 Å². The van der Waals surface area contributed by atoms with Crippen molar-refractivity contribution < 1.29 is 28.5 Å². The van der Waals surface area contributed by atoms with Gasteiger partial charge in [-0.05, 0) is 62.1 Å².